The summed E-state index contributed by atoms with van der Waals surface area (Å²) in [5, 5.41) is 0.542. The van der Waals surface area contributed by atoms with Gasteiger partial charge >= 0.3 is 0 Å². The van der Waals surface area contributed by atoms with Crippen LogP contribution in [0.15, 0.2) is 23.4 Å². The Bertz CT molecular complexity index is 583. The van der Waals surface area contributed by atoms with E-state index in [2.05, 4.69) is 30.7 Å². The molecule has 18 heavy (non-hydrogen) atoms. The van der Waals surface area contributed by atoms with Gasteiger partial charge in [-0.2, -0.15) is 0 Å². The molecule has 0 saturated heterocycles. The molecule has 0 fully saturated rings. The number of benzene rings is 1. The van der Waals surface area contributed by atoms with Crippen molar-refractivity contribution in [2.24, 2.45) is 5.41 Å². The molecule has 0 saturated carbocycles. The first-order chi connectivity index (χ1) is 8.35. The first-order valence-corrected chi connectivity index (χ1v) is 7.31. The van der Waals surface area contributed by atoms with E-state index in [0.29, 0.717) is 16.6 Å². The highest BCUT2D eigenvalue weighted by Gasteiger charge is 2.15. The molecule has 5 heteroatoms. The van der Waals surface area contributed by atoms with Crippen molar-refractivity contribution in [2.45, 2.75) is 32.3 Å². The van der Waals surface area contributed by atoms with Crippen molar-refractivity contribution in [3.8, 4) is 0 Å². The molecule has 1 aromatic heterocycles. The summed E-state index contributed by atoms with van der Waals surface area (Å²) >= 11 is 0. The Labute approximate surface area is 109 Å². The molecule has 0 amide bonds. The summed E-state index contributed by atoms with van der Waals surface area (Å²) in [4.78, 5) is 7.42. The molecule has 0 radical (unpaired) electrons. The van der Waals surface area contributed by atoms with E-state index in [1.54, 1.807) is 6.07 Å². The lowest BCUT2D eigenvalue weighted by Crippen LogP contribution is -2.11. The third-order valence-electron chi connectivity index (χ3n) is 2.74. The number of fused-ring (bicyclic) bond motifs is 1. The molecule has 0 aliphatic heterocycles. The molecule has 0 spiro atoms. The minimum atomic E-state index is -1.08. The number of H-pyrrole nitrogens is 1. The standard InChI is InChI=1S/C13H19N3OS/c1-13(2,3)6-7-18(17)12-15-10-5-4-9(14)8-11(10)16-12/h4-5,8H,6-7,14H2,1-3H3,(H,15,16). The third kappa shape index (κ3) is 3.10. The second-order valence-corrected chi connectivity index (χ2v) is 7.16. The fraction of sp³-hybridized carbons (Fsp3) is 0.462. The van der Waals surface area contributed by atoms with E-state index in [4.69, 9.17) is 5.73 Å². The van der Waals surface area contributed by atoms with Crippen LogP contribution in [0.3, 0.4) is 0 Å². The van der Waals surface area contributed by atoms with Crippen molar-refractivity contribution in [3.05, 3.63) is 18.2 Å². The topological polar surface area (TPSA) is 71.8 Å². The SMILES string of the molecule is CC(C)(C)CCS(=O)c1nc2ccc(N)cc2[nH]1. The number of imidazole rings is 1. The summed E-state index contributed by atoms with van der Waals surface area (Å²) in [5.74, 6) is 0.624. The normalized spacial score (nSPS) is 13.9. The van der Waals surface area contributed by atoms with Crippen molar-refractivity contribution >= 4 is 27.5 Å². The molecular formula is C13H19N3OS. The number of hydrogen-bond donors (Lipinski definition) is 2. The molecule has 2 aromatic rings. The summed E-state index contributed by atoms with van der Waals surface area (Å²) < 4.78 is 12.1. The van der Waals surface area contributed by atoms with E-state index in [1.807, 2.05) is 12.1 Å². The Balaban J connectivity index is 2.18. The molecule has 4 nitrogen and oxygen atoms in total. The van der Waals surface area contributed by atoms with Gasteiger partial charge in [0.2, 0.25) is 0 Å². The van der Waals surface area contributed by atoms with Crippen molar-refractivity contribution in [1.29, 1.82) is 0 Å². The Morgan fingerprint density at radius 1 is 1.39 bits per heavy atom. The molecule has 1 atom stereocenters. The highest BCUT2D eigenvalue weighted by atomic mass is 32.2. The molecule has 98 valence electrons. The van der Waals surface area contributed by atoms with Crippen LogP contribution in [0, 0.1) is 5.41 Å². The fourth-order valence-corrected chi connectivity index (χ4v) is 3.02. The number of nitrogens with two attached hydrogens (primary N) is 1. The molecule has 0 aliphatic carbocycles. The Hall–Kier alpha value is -1.36. The number of nitrogen functional groups attached to an aromatic ring is 1. The highest BCUT2D eigenvalue weighted by Crippen LogP contribution is 2.21. The Kier molecular flexibility index (Phi) is 3.43. The second kappa shape index (κ2) is 4.72. The lowest BCUT2D eigenvalue weighted by molar-refractivity contribution is 0.399. The smallest absolute Gasteiger partial charge is 0.197 e. The maximum atomic E-state index is 12.1. The summed E-state index contributed by atoms with van der Waals surface area (Å²) in [7, 11) is -1.08. The first kappa shape index (κ1) is 13.1. The van der Waals surface area contributed by atoms with E-state index in [-0.39, 0.29) is 5.41 Å². The van der Waals surface area contributed by atoms with Crippen LogP contribution in [0.5, 0.6) is 0 Å². The maximum Gasteiger partial charge on any atom is 0.197 e. The zero-order valence-corrected chi connectivity index (χ0v) is 11.8. The van der Waals surface area contributed by atoms with Crippen LogP contribution in [-0.2, 0) is 10.8 Å². The fourth-order valence-electron chi connectivity index (χ4n) is 1.61. The van der Waals surface area contributed by atoms with Gasteiger partial charge in [-0.1, -0.05) is 20.8 Å². The molecule has 2 rings (SSSR count). The molecular weight excluding hydrogens is 246 g/mol. The summed E-state index contributed by atoms with van der Waals surface area (Å²) in [5.41, 5.74) is 8.22. The summed E-state index contributed by atoms with van der Waals surface area (Å²) in [6.45, 7) is 6.43. The van der Waals surface area contributed by atoms with Gasteiger partial charge in [-0.05, 0) is 30.0 Å². The largest absolute Gasteiger partial charge is 0.399 e. The lowest BCUT2D eigenvalue weighted by atomic mass is 9.94. The molecule has 1 aromatic carbocycles. The quantitative estimate of drug-likeness (QED) is 0.838. The zero-order valence-electron chi connectivity index (χ0n) is 11.0. The number of nitrogens with one attached hydrogen (secondary N) is 1. The van der Waals surface area contributed by atoms with Gasteiger partial charge < -0.3 is 10.7 Å². The monoisotopic (exact) mass is 265 g/mol. The van der Waals surface area contributed by atoms with E-state index >= 15 is 0 Å². The van der Waals surface area contributed by atoms with Gasteiger partial charge in [0, 0.05) is 11.4 Å². The van der Waals surface area contributed by atoms with E-state index in [1.165, 1.54) is 0 Å². The van der Waals surface area contributed by atoms with Crippen LogP contribution in [0.1, 0.15) is 27.2 Å². The first-order valence-electron chi connectivity index (χ1n) is 5.99. The number of rotatable bonds is 3. The number of aromatic amines is 1. The second-order valence-electron chi connectivity index (χ2n) is 5.68. The summed E-state index contributed by atoms with van der Waals surface area (Å²) in [6, 6.07) is 5.45. The molecule has 1 unspecified atom stereocenters. The van der Waals surface area contributed by atoms with E-state index < -0.39 is 10.8 Å². The zero-order chi connectivity index (χ0) is 13.3. The summed E-state index contributed by atoms with van der Waals surface area (Å²) in [6.07, 6.45) is 0.902. The number of anilines is 1. The van der Waals surface area contributed by atoms with Gasteiger partial charge in [-0.3, -0.25) is 4.21 Å². The minimum Gasteiger partial charge on any atom is -0.399 e. The highest BCUT2D eigenvalue weighted by molar-refractivity contribution is 7.84. The lowest BCUT2D eigenvalue weighted by Gasteiger charge is -2.16. The van der Waals surface area contributed by atoms with Crippen molar-refractivity contribution in [2.75, 3.05) is 11.5 Å². The van der Waals surface area contributed by atoms with Crippen molar-refractivity contribution in [3.63, 3.8) is 0 Å². The maximum absolute atomic E-state index is 12.1. The number of hydrogen-bond acceptors (Lipinski definition) is 3. The van der Waals surface area contributed by atoms with Crippen LogP contribution in [0.25, 0.3) is 11.0 Å². The van der Waals surface area contributed by atoms with E-state index in [0.717, 1.165) is 17.5 Å². The van der Waals surface area contributed by atoms with Crippen LogP contribution in [0.2, 0.25) is 0 Å². The average Bonchev–Trinajstić information content (AvgIpc) is 2.67. The average molecular weight is 265 g/mol. The van der Waals surface area contributed by atoms with E-state index in [9.17, 15) is 4.21 Å². The van der Waals surface area contributed by atoms with Crippen molar-refractivity contribution in [1.82, 2.24) is 9.97 Å². The molecule has 3 N–H and O–H groups in total. The van der Waals surface area contributed by atoms with Gasteiger partial charge in [0.1, 0.15) is 0 Å². The molecule has 1 heterocycles. The Morgan fingerprint density at radius 2 is 2.11 bits per heavy atom. The van der Waals surface area contributed by atoms with Gasteiger partial charge in [0.15, 0.2) is 5.16 Å². The number of aromatic nitrogens is 2. The Morgan fingerprint density at radius 3 is 2.78 bits per heavy atom. The van der Waals surface area contributed by atoms with Crippen molar-refractivity contribution < 1.29 is 4.21 Å². The van der Waals surface area contributed by atoms with Gasteiger partial charge in [-0.15, -0.1) is 0 Å². The molecule has 0 aliphatic rings. The minimum absolute atomic E-state index is 0.187. The molecule has 0 bridgehead atoms. The predicted molar refractivity (Wildman–Crippen MR) is 75.9 cm³/mol. The third-order valence-corrected chi connectivity index (χ3v) is 3.94. The van der Waals surface area contributed by atoms with Crippen LogP contribution in [-0.4, -0.2) is 19.9 Å². The van der Waals surface area contributed by atoms with Gasteiger partial charge in [0.05, 0.1) is 21.8 Å². The predicted octanol–water partition coefficient (Wildman–Crippen LogP) is 2.69. The van der Waals surface area contributed by atoms with Crippen LogP contribution < -0.4 is 5.73 Å². The van der Waals surface area contributed by atoms with Gasteiger partial charge in [-0.25, -0.2) is 4.98 Å². The number of nitrogens with zero attached hydrogens (tertiary/aromatic N) is 1. The van der Waals surface area contributed by atoms with Crippen LogP contribution >= 0.6 is 0 Å². The van der Waals surface area contributed by atoms with Crippen LogP contribution in [0.4, 0.5) is 5.69 Å². The van der Waals surface area contributed by atoms with Gasteiger partial charge in [0.25, 0.3) is 0 Å².